The molecule has 0 amide bonds. The van der Waals surface area contributed by atoms with Crippen LogP contribution in [0.3, 0.4) is 0 Å². The maximum atomic E-state index is 5.75. The van der Waals surface area contributed by atoms with Crippen molar-refractivity contribution in [2.45, 2.75) is 52.6 Å². The van der Waals surface area contributed by atoms with Crippen molar-refractivity contribution in [1.29, 1.82) is 0 Å². The van der Waals surface area contributed by atoms with Crippen LogP contribution in [0.2, 0.25) is 0 Å². The Morgan fingerprint density at radius 1 is 1.22 bits per heavy atom. The van der Waals surface area contributed by atoms with Crippen molar-refractivity contribution in [2.75, 3.05) is 40.0 Å². The summed E-state index contributed by atoms with van der Waals surface area (Å²) in [5, 5.41) is 6.68. The summed E-state index contributed by atoms with van der Waals surface area (Å²) in [6.07, 6.45) is 5.03. The van der Waals surface area contributed by atoms with Crippen LogP contribution in [0.15, 0.2) is 4.99 Å². The van der Waals surface area contributed by atoms with Gasteiger partial charge in [0.1, 0.15) is 0 Å². The van der Waals surface area contributed by atoms with Crippen LogP contribution < -0.4 is 10.6 Å². The number of ether oxygens (including phenoxy) is 2. The summed E-state index contributed by atoms with van der Waals surface area (Å²) in [6, 6.07) is 0. The Kier molecular flexibility index (Phi) is 14.2. The SMILES string of the molecule is CCOC(CCNC(=NC)NCCCOCC1CC1)C(C)C.I. The lowest BCUT2D eigenvalue weighted by molar-refractivity contribution is 0.0258. The summed E-state index contributed by atoms with van der Waals surface area (Å²) < 4.78 is 11.4. The van der Waals surface area contributed by atoms with Crippen molar-refractivity contribution in [2.24, 2.45) is 16.8 Å². The van der Waals surface area contributed by atoms with Crippen molar-refractivity contribution in [3.63, 3.8) is 0 Å². The second-order valence-corrected chi connectivity index (χ2v) is 6.32. The van der Waals surface area contributed by atoms with Gasteiger partial charge in [-0.25, -0.2) is 0 Å². The Morgan fingerprint density at radius 3 is 2.48 bits per heavy atom. The van der Waals surface area contributed by atoms with Gasteiger partial charge in [0.25, 0.3) is 0 Å². The van der Waals surface area contributed by atoms with E-state index in [-0.39, 0.29) is 24.0 Å². The van der Waals surface area contributed by atoms with E-state index in [0.29, 0.717) is 12.0 Å². The molecular weight excluding hydrogens is 405 g/mol. The Hall–Kier alpha value is -0.0800. The molecule has 0 heterocycles. The molecule has 0 aromatic rings. The standard InChI is InChI=1S/C17H35N3O2.HI/c1-5-22-16(14(2)3)9-11-20-17(18-4)19-10-6-12-21-13-15-7-8-15;/h14-16H,5-13H2,1-4H3,(H2,18,19,20);1H. The summed E-state index contributed by atoms with van der Waals surface area (Å²) in [4.78, 5) is 4.24. The smallest absolute Gasteiger partial charge is 0.190 e. The first kappa shape index (κ1) is 22.9. The highest BCUT2D eigenvalue weighted by atomic mass is 127. The zero-order valence-corrected chi connectivity index (χ0v) is 17.6. The molecule has 1 rings (SSSR count). The molecule has 0 spiro atoms. The zero-order chi connectivity index (χ0) is 16.2. The number of rotatable bonds is 12. The summed E-state index contributed by atoms with van der Waals surface area (Å²) in [7, 11) is 1.81. The average molecular weight is 441 g/mol. The molecule has 0 saturated heterocycles. The summed E-state index contributed by atoms with van der Waals surface area (Å²) in [6.45, 7) is 10.8. The van der Waals surface area contributed by atoms with Gasteiger partial charge in [-0.2, -0.15) is 0 Å². The maximum absolute atomic E-state index is 5.75. The second-order valence-electron chi connectivity index (χ2n) is 6.32. The minimum Gasteiger partial charge on any atom is -0.381 e. The van der Waals surface area contributed by atoms with E-state index in [2.05, 4.69) is 36.4 Å². The van der Waals surface area contributed by atoms with Crippen LogP contribution in [0.5, 0.6) is 0 Å². The van der Waals surface area contributed by atoms with E-state index in [1.54, 1.807) is 7.05 Å². The molecule has 0 bridgehead atoms. The lowest BCUT2D eigenvalue weighted by Crippen LogP contribution is -2.39. The predicted octanol–water partition coefficient (Wildman–Crippen LogP) is 3.04. The van der Waals surface area contributed by atoms with Crippen LogP contribution >= 0.6 is 24.0 Å². The first-order valence-electron chi connectivity index (χ1n) is 8.81. The lowest BCUT2D eigenvalue weighted by atomic mass is 10.0. The van der Waals surface area contributed by atoms with Crippen LogP contribution in [0.4, 0.5) is 0 Å². The van der Waals surface area contributed by atoms with E-state index in [4.69, 9.17) is 9.47 Å². The lowest BCUT2D eigenvalue weighted by Gasteiger charge is -2.21. The molecule has 1 atom stereocenters. The van der Waals surface area contributed by atoms with Crippen molar-refractivity contribution in [3.05, 3.63) is 0 Å². The summed E-state index contributed by atoms with van der Waals surface area (Å²) in [5.74, 6) is 2.25. The van der Waals surface area contributed by atoms with Crippen LogP contribution in [-0.4, -0.2) is 52.0 Å². The van der Waals surface area contributed by atoms with Gasteiger partial charge in [0.05, 0.1) is 6.10 Å². The van der Waals surface area contributed by atoms with E-state index >= 15 is 0 Å². The monoisotopic (exact) mass is 441 g/mol. The fourth-order valence-electron chi connectivity index (χ4n) is 2.29. The van der Waals surface area contributed by atoms with Gasteiger partial charge in [0.2, 0.25) is 0 Å². The zero-order valence-electron chi connectivity index (χ0n) is 15.3. The average Bonchev–Trinajstić information content (AvgIpc) is 3.31. The minimum atomic E-state index is 0. The van der Waals surface area contributed by atoms with Gasteiger partial charge >= 0.3 is 0 Å². The number of guanidine groups is 1. The first-order valence-corrected chi connectivity index (χ1v) is 8.81. The highest BCUT2D eigenvalue weighted by Gasteiger charge is 2.20. The number of aliphatic imine (C=N–C) groups is 1. The molecule has 6 heteroatoms. The molecule has 1 saturated carbocycles. The van der Waals surface area contributed by atoms with Crippen molar-refractivity contribution >= 4 is 29.9 Å². The Balaban J connectivity index is 0.00000484. The van der Waals surface area contributed by atoms with E-state index in [9.17, 15) is 0 Å². The maximum Gasteiger partial charge on any atom is 0.190 e. The fraction of sp³-hybridized carbons (Fsp3) is 0.941. The Morgan fingerprint density at radius 2 is 1.91 bits per heavy atom. The third kappa shape index (κ3) is 12.0. The fourth-order valence-corrected chi connectivity index (χ4v) is 2.29. The van der Waals surface area contributed by atoms with Crippen molar-refractivity contribution < 1.29 is 9.47 Å². The molecule has 0 radical (unpaired) electrons. The van der Waals surface area contributed by atoms with Gasteiger partial charge in [-0.3, -0.25) is 4.99 Å². The summed E-state index contributed by atoms with van der Waals surface area (Å²) in [5.41, 5.74) is 0. The molecule has 138 valence electrons. The predicted molar refractivity (Wildman–Crippen MR) is 108 cm³/mol. The van der Waals surface area contributed by atoms with Gasteiger partial charge in [0.15, 0.2) is 5.96 Å². The van der Waals surface area contributed by atoms with E-state index < -0.39 is 0 Å². The highest BCUT2D eigenvalue weighted by molar-refractivity contribution is 14.0. The highest BCUT2D eigenvalue weighted by Crippen LogP contribution is 2.28. The molecule has 23 heavy (non-hydrogen) atoms. The molecule has 1 unspecified atom stereocenters. The van der Waals surface area contributed by atoms with E-state index in [1.807, 2.05) is 0 Å². The number of halogens is 1. The Labute approximate surface area is 159 Å². The van der Waals surface area contributed by atoms with Crippen molar-refractivity contribution in [1.82, 2.24) is 10.6 Å². The van der Waals surface area contributed by atoms with Gasteiger partial charge in [-0.05, 0) is 44.4 Å². The van der Waals surface area contributed by atoms with Gasteiger partial charge in [-0.1, -0.05) is 13.8 Å². The van der Waals surface area contributed by atoms with Crippen LogP contribution in [0.25, 0.3) is 0 Å². The van der Waals surface area contributed by atoms with Crippen LogP contribution in [0.1, 0.15) is 46.5 Å². The van der Waals surface area contributed by atoms with Gasteiger partial charge in [-0.15, -0.1) is 24.0 Å². The third-order valence-electron chi connectivity index (χ3n) is 3.88. The van der Waals surface area contributed by atoms with Gasteiger partial charge in [0, 0.05) is 40.0 Å². The minimum absolute atomic E-state index is 0. The molecule has 0 aliphatic heterocycles. The molecule has 0 aromatic heterocycles. The topological polar surface area (TPSA) is 54.9 Å². The first-order chi connectivity index (χ1) is 10.7. The normalized spacial score (nSPS) is 16.1. The van der Waals surface area contributed by atoms with Gasteiger partial charge < -0.3 is 20.1 Å². The summed E-state index contributed by atoms with van der Waals surface area (Å²) >= 11 is 0. The molecule has 1 fully saturated rings. The van der Waals surface area contributed by atoms with E-state index in [1.165, 1.54) is 12.8 Å². The quantitative estimate of drug-likeness (QED) is 0.212. The molecule has 1 aliphatic rings. The largest absolute Gasteiger partial charge is 0.381 e. The number of nitrogens with zero attached hydrogens (tertiary/aromatic N) is 1. The third-order valence-corrected chi connectivity index (χ3v) is 3.88. The van der Waals surface area contributed by atoms with Crippen LogP contribution in [-0.2, 0) is 9.47 Å². The second kappa shape index (κ2) is 14.3. The van der Waals surface area contributed by atoms with Crippen LogP contribution in [0, 0.1) is 11.8 Å². The number of hydrogen-bond acceptors (Lipinski definition) is 3. The van der Waals surface area contributed by atoms with Crippen molar-refractivity contribution in [3.8, 4) is 0 Å². The van der Waals surface area contributed by atoms with E-state index in [0.717, 1.165) is 57.6 Å². The molecule has 2 N–H and O–H groups in total. The Bertz CT molecular complexity index is 310. The molecule has 0 aromatic carbocycles. The molecule has 5 nitrogen and oxygen atoms in total. The molecular formula is C17H36IN3O2. The number of nitrogens with one attached hydrogen (secondary N) is 2. The number of hydrogen-bond donors (Lipinski definition) is 2. The molecule has 1 aliphatic carbocycles.